The van der Waals surface area contributed by atoms with Gasteiger partial charge in [-0.1, -0.05) is 48.5 Å². The Hall–Kier alpha value is -5.17. The van der Waals surface area contributed by atoms with Crippen LogP contribution in [0.3, 0.4) is 0 Å². The molecule has 0 fully saturated rings. The largest absolute Gasteiger partial charge is 0.493 e. The fourth-order valence-electron chi connectivity index (χ4n) is 6.63. The fraction of sp³-hybridized carbons (Fsp3) is 0.216. The Morgan fingerprint density at radius 1 is 0.864 bits per heavy atom. The molecule has 7 nitrogen and oxygen atoms in total. The van der Waals surface area contributed by atoms with Gasteiger partial charge in [0.2, 0.25) is 5.60 Å². The van der Waals surface area contributed by atoms with Crippen molar-refractivity contribution in [3.63, 3.8) is 0 Å². The molecule has 1 unspecified atom stereocenters. The molecule has 220 valence electrons. The summed E-state index contributed by atoms with van der Waals surface area (Å²) in [5.74, 6) is 0.117. The second-order valence-corrected chi connectivity index (χ2v) is 10.9. The molecule has 6 aromatic rings. The number of hydrogen-bond acceptors (Lipinski definition) is 6. The lowest BCUT2D eigenvalue weighted by molar-refractivity contribution is 0.0220. The van der Waals surface area contributed by atoms with Gasteiger partial charge in [0, 0.05) is 42.1 Å². The van der Waals surface area contributed by atoms with Crippen LogP contribution in [0.4, 0.5) is 5.69 Å². The molecule has 1 aliphatic rings. The quantitative estimate of drug-likeness (QED) is 0.173. The van der Waals surface area contributed by atoms with Crippen molar-refractivity contribution in [1.82, 2.24) is 14.4 Å². The van der Waals surface area contributed by atoms with Crippen molar-refractivity contribution in [2.75, 3.05) is 24.6 Å². The molecule has 0 saturated heterocycles. The molecule has 0 bridgehead atoms. The monoisotopic (exact) mass is 582 g/mol. The fourth-order valence-corrected chi connectivity index (χ4v) is 6.63. The van der Waals surface area contributed by atoms with Crippen LogP contribution in [-0.2, 0) is 10.3 Å². The van der Waals surface area contributed by atoms with Crippen LogP contribution in [0.1, 0.15) is 53.8 Å². The smallest absolute Gasteiger partial charge is 0.360 e. The number of benzene rings is 3. The third-order valence-electron chi connectivity index (χ3n) is 8.61. The molecule has 44 heavy (non-hydrogen) atoms. The Bertz CT molecular complexity index is 2030. The minimum atomic E-state index is -1.46. The summed E-state index contributed by atoms with van der Waals surface area (Å²) in [5, 5.41) is 0. The molecule has 0 amide bonds. The van der Waals surface area contributed by atoms with Gasteiger partial charge in [-0.3, -0.25) is 0 Å². The average molecular weight is 583 g/mol. The van der Waals surface area contributed by atoms with Crippen molar-refractivity contribution in [2.24, 2.45) is 0 Å². The first kappa shape index (κ1) is 27.7. The van der Waals surface area contributed by atoms with Crippen molar-refractivity contribution in [1.29, 1.82) is 0 Å². The van der Waals surface area contributed by atoms with Crippen molar-refractivity contribution < 1.29 is 14.3 Å². The number of aryl methyl sites for hydroxylation is 1. The van der Waals surface area contributed by atoms with Gasteiger partial charge in [-0.05, 0) is 75.2 Å². The number of cyclic esters (lactones) is 1. The summed E-state index contributed by atoms with van der Waals surface area (Å²) >= 11 is 0. The number of anilines is 1. The lowest BCUT2D eigenvalue weighted by atomic mass is 9.82. The van der Waals surface area contributed by atoms with Gasteiger partial charge in [-0.25, -0.2) is 14.8 Å². The molecular formula is C37H34N4O3. The van der Waals surface area contributed by atoms with Crippen molar-refractivity contribution >= 4 is 28.2 Å². The number of para-hydroxylation sites is 2. The molecule has 3 aromatic heterocycles. The summed E-state index contributed by atoms with van der Waals surface area (Å²) in [7, 11) is 0. The van der Waals surface area contributed by atoms with Gasteiger partial charge < -0.3 is 18.8 Å². The average Bonchev–Trinajstić information content (AvgIpc) is 3.52. The molecule has 0 aliphatic carbocycles. The summed E-state index contributed by atoms with van der Waals surface area (Å²) in [4.78, 5) is 26.3. The Morgan fingerprint density at radius 3 is 2.30 bits per heavy atom. The number of hydrogen-bond donors (Lipinski definition) is 0. The lowest BCUT2D eigenvalue weighted by Gasteiger charge is -2.32. The molecule has 0 spiro atoms. The van der Waals surface area contributed by atoms with E-state index in [1.807, 2.05) is 73.8 Å². The number of ether oxygens (including phenoxy) is 2. The van der Waals surface area contributed by atoms with E-state index in [4.69, 9.17) is 19.4 Å². The zero-order valence-corrected chi connectivity index (χ0v) is 25.4. The van der Waals surface area contributed by atoms with Gasteiger partial charge in [-0.2, -0.15) is 0 Å². The predicted octanol–water partition coefficient (Wildman–Crippen LogP) is 7.57. The van der Waals surface area contributed by atoms with Crippen LogP contribution in [0.15, 0.2) is 97.2 Å². The lowest BCUT2D eigenvalue weighted by Crippen LogP contribution is -2.33. The summed E-state index contributed by atoms with van der Waals surface area (Å²) in [6, 6.07) is 30.1. The van der Waals surface area contributed by atoms with E-state index in [9.17, 15) is 4.79 Å². The zero-order chi connectivity index (χ0) is 30.4. The van der Waals surface area contributed by atoms with E-state index in [0.29, 0.717) is 34.6 Å². The Balaban J connectivity index is 1.66. The van der Waals surface area contributed by atoms with E-state index in [1.165, 1.54) is 0 Å². The zero-order valence-electron chi connectivity index (χ0n) is 25.4. The molecule has 1 aliphatic heterocycles. The van der Waals surface area contributed by atoms with E-state index >= 15 is 0 Å². The van der Waals surface area contributed by atoms with Crippen LogP contribution in [-0.4, -0.2) is 40.0 Å². The van der Waals surface area contributed by atoms with E-state index < -0.39 is 11.6 Å². The first-order valence-electron chi connectivity index (χ1n) is 15.2. The van der Waals surface area contributed by atoms with Crippen LogP contribution >= 0.6 is 0 Å². The van der Waals surface area contributed by atoms with Gasteiger partial charge >= 0.3 is 5.97 Å². The first-order valence-corrected chi connectivity index (χ1v) is 15.2. The van der Waals surface area contributed by atoms with Crippen LogP contribution in [0.5, 0.6) is 5.75 Å². The van der Waals surface area contributed by atoms with Crippen LogP contribution < -0.4 is 9.64 Å². The number of esters is 1. The normalized spacial score (nSPS) is 15.9. The number of carbonyl (C=O) groups excluding carboxylic acids is 1. The van der Waals surface area contributed by atoms with E-state index in [-0.39, 0.29) is 5.69 Å². The van der Waals surface area contributed by atoms with Crippen molar-refractivity contribution in [3.8, 4) is 16.9 Å². The third-order valence-corrected chi connectivity index (χ3v) is 8.61. The van der Waals surface area contributed by atoms with E-state index in [1.54, 1.807) is 0 Å². The van der Waals surface area contributed by atoms with Gasteiger partial charge in [-0.15, -0.1) is 0 Å². The molecule has 0 N–H and O–H groups in total. The van der Waals surface area contributed by atoms with Gasteiger partial charge in [0.05, 0.1) is 28.9 Å². The molecule has 4 heterocycles. The highest BCUT2D eigenvalue weighted by Gasteiger charge is 2.56. The number of aromatic nitrogens is 3. The molecule has 3 aromatic carbocycles. The molecule has 7 heteroatoms. The SMILES string of the molecule is CCOc1cc(N(CC)CC)ccc1C1(c2c(-c3ccccc3)c(C)c3ccccn23)OC(=O)c2nc3ccccc3nc21. The summed E-state index contributed by atoms with van der Waals surface area (Å²) < 4.78 is 15.2. The molecule has 0 radical (unpaired) electrons. The molecular weight excluding hydrogens is 548 g/mol. The number of rotatable bonds is 8. The van der Waals surface area contributed by atoms with Crippen LogP contribution in [0.2, 0.25) is 0 Å². The van der Waals surface area contributed by atoms with E-state index in [2.05, 4.69) is 60.4 Å². The standard InChI is InChI=1S/C37H34N4O3/c1-5-40(6-2)26-20-21-27(31(23-26)43-7-3)37(34-33(36(42)44-37)38-28-17-11-12-18-29(28)39-34)35-32(25-15-9-8-10-16-25)24(4)30-19-13-14-22-41(30)35/h8-23H,5-7H2,1-4H3. The molecule has 1 atom stereocenters. The maximum absolute atomic E-state index is 14.0. The maximum Gasteiger partial charge on any atom is 0.360 e. The highest BCUT2D eigenvalue weighted by molar-refractivity contribution is 5.97. The summed E-state index contributed by atoms with van der Waals surface area (Å²) in [5.41, 5.74) is 7.12. The summed E-state index contributed by atoms with van der Waals surface area (Å²) in [6.07, 6.45) is 2.02. The second-order valence-electron chi connectivity index (χ2n) is 10.9. The number of fused-ring (bicyclic) bond motifs is 3. The first-order chi connectivity index (χ1) is 21.5. The number of carbonyl (C=O) groups is 1. The van der Waals surface area contributed by atoms with Crippen LogP contribution in [0, 0.1) is 6.92 Å². The Labute approximate surface area is 256 Å². The number of pyridine rings is 1. The molecule has 7 rings (SSSR count). The Kier molecular flexibility index (Phi) is 6.81. The highest BCUT2D eigenvalue weighted by Crippen LogP contribution is 2.53. The minimum Gasteiger partial charge on any atom is -0.493 e. The predicted molar refractivity (Wildman–Crippen MR) is 174 cm³/mol. The van der Waals surface area contributed by atoms with Gasteiger partial charge in [0.25, 0.3) is 0 Å². The maximum atomic E-state index is 14.0. The van der Waals surface area contributed by atoms with Gasteiger partial charge in [0.1, 0.15) is 11.4 Å². The van der Waals surface area contributed by atoms with E-state index in [0.717, 1.165) is 46.7 Å². The van der Waals surface area contributed by atoms with Crippen molar-refractivity contribution in [3.05, 3.63) is 125 Å². The highest BCUT2D eigenvalue weighted by atomic mass is 16.6. The van der Waals surface area contributed by atoms with Crippen LogP contribution in [0.25, 0.3) is 27.7 Å². The Morgan fingerprint density at radius 2 is 1.57 bits per heavy atom. The third kappa shape index (κ3) is 4.07. The topological polar surface area (TPSA) is 69.0 Å². The minimum absolute atomic E-state index is 0.210. The number of nitrogens with zero attached hydrogens (tertiary/aromatic N) is 4. The second kappa shape index (κ2) is 10.8. The van der Waals surface area contributed by atoms with Crippen molar-refractivity contribution in [2.45, 2.75) is 33.3 Å². The summed E-state index contributed by atoms with van der Waals surface area (Å²) in [6.45, 7) is 10.5. The molecule has 0 saturated carbocycles. The van der Waals surface area contributed by atoms with Gasteiger partial charge in [0.15, 0.2) is 5.69 Å².